The molecule has 7 heteroatoms. The summed E-state index contributed by atoms with van der Waals surface area (Å²) in [7, 11) is 0. The number of Topliss-reactive ketones (excluding diaryl/α,β-unsaturated/α-hetero) is 1. The van der Waals surface area contributed by atoms with Crippen LogP contribution in [-0.4, -0.2) is 50.2 Å². The maximum Gasteiger partial charge on any atom is 0.415 e. The lowest BCUT2D eigenvalue weighted by molar-refractivity contribution is 0.00733. The number of ketones is 1. The van der Waals surface area contributed by atoms with Crippen molar-refractivity contribution in [3.05, 3.63) is 36.0 Å². The van der Waals surface area contributed by atoms with E-state index in [4.69, 9.17) is 4.74 Å². The highest BCUT2D eigenvalue weighted by Crippen LogP contribution is 2.38. The second-order valence-corrected chi connectivity index (χ2v) is 8.59. The Morgan fingerprint density at radius 2 is 1.93 bits per heavy atom. The van der Waals surface area contributed by atoms with Crippen LogP contribution in [0, 0.1) is 0 Å². The molecule has 0 bridgehead atoms. The van der Waals surface area contributed by atoms with Crippen molar-refractivity contribution in [2.75, 3.05) is 6.54 Å². The molecule has 2 aromatic rings. The first kappa shape index (κ1) is 20.9. The predicted molar refractivity (Wildman–Crippen MR) is 110 cm³/mol. The lowest BCUT2D eigenvalue weighted by Crippen LogP contribution is -2.54. The molecule has 1 atom stereocenters. The molecule has 29 heavy (non-hydrogen) atoms. The Kier molecular flexibility index (Phi) is 5.43. The van der Waals surface area contributed by atoms with Gasteiger partial charge in [-0.2, -0.15) is 0 Å². The number of hydrogen-bond acceptors (Lipinski definition) is 4. The van der Waals surface area contributed by atoms with Gasteiger partial charge in [0, 0.05) is 23.7 Å². The number of benzene rings is 1. The monoisotopic (exact) mass is 400 g/mol. The summed E-state index contributed by atoms with van der Waals surface area (Å²) in [5.74, 6) is -0.118. The SMILES string of the molecule is CCCC1(C(=O)c2ccc3c(ccn3C(=O)O)c2)CCCN1C(=O)OC(C)(C)C. The van der Waals surface area contributed by atoms with E-state index < -0.39 is 23.3 Å². The molecule has 1 saturated heterocycles. The van der Waals surface area contributed by atoms with Crippen LogP contribution < -0.4 is 0 Å². The summed E-state index contributed by atoms with van der Waals surface area (Å²) < 4.78 is 6.69. The van der Waals surface area contributed by atoms with Gasteiger partial charge in [-0.1, -0.05) is 13.3 Å². The first-order valence-electron chi connectivity index (χ1n) is 9.99. The third-order valence-electron chi connectivity index (χ3n) is 5.35. The standard InChI is InChI=1S/C22H28N2O5/c1-5-10-22(11-6-12-24(22)20(28)29-21(2,3)4)18(25)16-7-8-17-15(14-16)9-13-23(17)19(26)27/h7-9,13-14H,5-6,10-12H2,1-4H3,(H,26,27). The van der Waals surface area contributed by atoms with Crippen molar-refractivity contribution < 1.29 is 24.2 Å². The largest absolute Gasteiger partial charge is 0.464 e. The number of ether oxygens (including phenoxy) is 1. The Bertz CT molecular complexity index is 956. The van der Waals surface area contributed by atoms with Gasteiger partial charge in [-0.05, 0) is 64.3 Å². The van der Waals surface area contributed by atoms with Gasteiger partial charge in [0.1, 0.15) is 11.1 Å². The molecule has 1 N–H and O–H groups in total. The lowest BCUT2D eigenvalue weighted by Gasteiger charge is -2.38. The highest BCUT2D eigenvalue weighted by Gasteiger charge is 2.50. The van der Waals surface area contributed by atoms with E-state index in [9.17, 15) is 19.5 Å². The molecule has 0 radical (unpaired) electrons. The van der Waals surface area contributed by atoms with Crippen LogP contribution in [0.2, 0.25) is 0 Å². The Labute approximate surface area is 170 Å². The number of nitrogens with zero attached hydrogens (tertiary/aromatic N) is 2. The van der Waals surface area contributed by atoms with Gasteiger partial charge in [-0.15, -0.1) is 0 Å². The van der Waals surface area contributed by atoms with Crippen LogP contribution in [0.15, 0.2) is 30.5 Å². The number of carboxylic acid groups (broad SMARTS) is 1. The molecule has 3 rings (SSSR count). The molecule has 1 unspecified atom stereocenters. The van der Waals surface area contributed by atoms with Crippen LogP contribution in [0.3, 0.4) is 0 Å². The van der Waals surface area contributed by atoms with Gasteiger partial charge in [-0.3, -0.25) is 14.3 Å². The van der Waals surface area contributed by atoms with Crippen LogP contribution >= 0.6 is 0 Å². The molecule has 2 heterocycles. The van der Waals surface area contributed by atoms with E-state index in [1.165, 1.54) is 6.20 Å². The van der Waals surface area contributed by atoms with E-state index in [2.05, 4.69) is 0 Å². The van der Waals surface area contributed by atoms with Crippen LogP contribution in [0.25, 0.3) is 10.9 Å². The molecule has 1 aromatic heterocycles. The first-order chi connectivity index (χ1) is 13.6. The molecule has 156 valence electrons. The first-order valence-corrected chi connectivity index (χ1v) is 9.99. The Balaban J connectivity index is 1.99. The number of fused-ring (bicyclic) bond motifs is 1. The fraction of sp³-hybridized carbons (Fsp3) is 0.500. The number of carbonyl (C=O) groups excluding carboxylic acids is 2. The summed E-state index contributed by atoms with van der Waals surface area (Å²) in [6, 6.07) is 6.67. The van der Waals surface area contributed by atoms with Crippen molar-refractivity contribution in [1.82, 2.24) is 9.47 Å². The maximum atomic E-state index is 13.7. The number of amides is 1. The van der Waals surface area contributed by atoms with Crippen molar-refractivity contribution >= 4 is 28.9 Å². The summed E-state index contributed by atoms with van der Waals surface area (Å²) in [6.45, 7) is 7.91. The minimum atomic E-state index is -1.08. The molecule has 0 saturated carbocycles. The van der Waals surface area contributed by atoms with Gasteiger partial charge >= 0.3 is 12.2 Å². The van der Waals surface area contributed by atoms with E-state index in [0.29, 0.717) is 35.9 Å². The summed E-state index contributed by atoms with van der Waals surface area (Å²) in [5, 5.41) is 9.93. The van der Waals surface area contributed by atoms with Crippen molar-refractivity contribution in [3.8, 4) is 0 Å². The summed E-state index contributed by atoms with van der Waals surface area (Å²) in [6.07, 6.45) is 2.56. The second kappa shape index (κ2) is 7.54. The highest BCUT2D eigenvalue weighted by molar-refractivity contribution is 6.07. The molecule has 1 aliphatic heterocycles. The third-order valence-corrected chi connectivity index (χ3v) is 5.35. The van der Waals surface area contributed by atoms with Crippen LogP contribution in [0.1, 0.15) is 63.7 Å². The quantitative estimate of drug-likeness (QED) is 0.736. The summed E-state index contributed by atoms with van der Waals surface area (Å²) in [5.41, 5.74) is -0.571. The Morgan fingerprint density at radius 1 is 1.21 bits per heavy atom. The van der Waals surface area contributed by atoms with Crippen LogP contribution in [0.5, 0.6) is 0 Å². The second-order valence-electron chi connectivity index (χ2n) is 8.59. The van der Waals surface area contributed by atoms with Crippen molar-refractivity contribution in [2.45, 2.75) is 64.5 Å². The molecule has 1 aromatic carbocycles. The third kappa shape index (κ3) is 3.86. The molecular formula is C22H28N2O5. The van der Waals surface area contributed by atoms with Gasteiger partial charge in [0.2, 0.25) is 0 Å². The lowest BCUT2D eigenvalue weighted by atomic mass is 9.82. The Hall–Kier alpha value is -2.83. The van der Waals surface area contributed by atoms with Crippen molar-refractivity contribution in [2.24, 2.45) is 0 Å². The average Bonchev–Trinajstić information content (AvgIpc) is 3.24. The zero-order valence-electron chi connectivity index (χ0n) is 17.4. The number of rotatable bonds is 4. The van der Waals surface area contributed by atoms with E-state index >= 15 is 0 Å². The zero-order valence-corrected chi connectivity index (χ0v) is 17.4. The number of aromatic nitrogens is 1. The molecule has 1 aliphatic rings. The van der Waals surface area contributed by atoms with E-state index in [0.717, 1.165) is 17.4 Å². The molecule has 1 amide bonds. The maximum absolute atomic E-state index is 13.7. The minimum Gasteiger partial charge on any atom is -0.464 e. The van der Waals surface area contributed by atoms with Gasteiger partial charge < -0.3 is 9.84 Å². The van der Waals surface area contributed by atoms with Gasteiger partial charge in [0.05, 0.1) is 5.52 Å². The fourth-order valence-electron chi connectivity index (χ4n) is 4.20. The number of hydrogen-bond donors (Lipinski definition) is 1. The van der Waals surface area contributed by atoms with Crippen LogP contribution in [0.4, 0.5) is 9.59 Å². The van der Waals surface area contributed by atoms with Gasteiger partial charge in [-0.25, -0.2) is 9.59 Å². The van der Waals surface area contributed by atoms with Gasteiger partial charge in [0.25, 0.3) is 0 Å². The molecule has 7 nitrogen and oxygen atoms in total. The summed E-state index contributed by atoms with van der Waals surface area (Å²) in [4.78, 5) is 39.4. The topological polar surface area (TPSA) is 88.8 Å². The number of likely N-dealkylation sites (tertiary alicyclic amines) is 1. The predicted octanol–water partition coefficient (Wildman–Crippen LogP) is 4.92. The average molecular weight is 400 g/mol. The van der Waals surface area contributed by atoms with Crippen molar-refractivity contribution in [3.63, 3.8) is 0 Å². The summed E-state index contributed by atoms with van der Waals surface area (Å²) >= 11 is 0. The molecule has 0 spiro atoms. The molecule has 1 fully saturated rings. The van der Waals surface area contributed by atoms with E-state index in [-0.39, 0.29) is 5.78 Å². The highest BCUT2D eigenvalue weighted by atomic mass is 16.6. The normalized spacial score (nSPS) is 19.5. The Morgan fingerprint density at radius 3 is 2.55 bits per heavy atom. The number of carbonyl (C=O) groups is 3. The smallest absolute Gasteiger partial charge is 0.415 e. The van der Waals surface area contributed by atoms with E-state index in [1.807, 2.05) is 27.7 Å². The van der Waals surface area contributed by atoms with E-state index in [1.54, 1.807) is 29.2 Å². The molecular weight excluding hydrogens is 372 g/mol. The zero-order chi connectivity index (χ0) is 21.4. The fourth-order valence-corrected chi connectivity index (χ4v) is 4.20. The molecule has 0 aliphatic carbocycles. The van der Waals surface area contributed by atoms with Crippen LogP contribution in [-0.2, 0) is 4.74 Å². The van der Waals surface area contributed by atoms with Crippen molar-refractivity contribution in [1.29, 1.82) is 0 Å². The van der Waals surface area contributed by atoms with Gasteiger partial charge in [0.15, 0.2) is 5.78 Å². The minimum absolute atomic E-state index is 0.118.